The number of nitrogens with zero attached hydrogens (tertiary/aromatic N) is 6. The van der Waals surface area contributed by atoms with Gasteiger partial charge in [0.15, 0.2) is 17.3 Å². The van der Waals surface area contributed by atoms with Crippen molar-refractivity contribution >= 4 is 23.2 Å². The second-order valence-corrected chi connectivity index (χ2v) is 9.95. The number of carbonyl (C=O) groups is 2. The van der Waals surface area contributed by atoms with E-state index in [9.17, 15) is 14.7 Å². The molecule has 1 amide bonds. The van der Waals surface area contributed by atoms with Gasteiger partial charge in [-0.05, 0) is 51.2 Å². The predicted octanol–water partition coefficient (Wildman–Crippen LogP) is 2.50. The molecular formula is C26H28N8O3. The molecule has 11 heteroatoms. The first kappa shape index (κ1) is 23.3. The normalized spacial score (nSPS) is 21.1. The summed E-state index contributed by atoms with van der Waals surface area (Å²) in [5.41, 5.74) is 11.4. The van der Waals surface area contributed by atoms with Crippen molar-refractivity contribution in [3.05, 3.63) is 47.7 Å². The molecule has 2 bridgehead atoms. The van der Waals surface area contributed by atoms with Gasteiger partial charge in [-0.25, -0.2) is 9.97 Å². The van der Waals surface area contributed by atoms with Crippen LogP contribution in [0.2, 0.25) is 0 Å². The lowest BCUT2D eigenvalue weighted by Crippen LogP contribution is -2.47. The van der Waals surface area contributed by atoms with Crippen LogP contribution in [-0.2, 0) is 4.79 Å². The number of aromatic nitrogens is 6. The highest BCUT2D eigenvalue weighted by Crippen LogP contribution is 2.44. The number of pyridine rings is 1. The van der Waals surface area contributed by atoms with Gasteiger partial charge in [-0.2, -0.15) is 9.61 Å². The topological polar surface area (TPSA) is 155 Å². The summed E-state index contributed by atoms with van der Waals surface area (Å²) in [7, 11) is 0. The van der Waals surface area contributed by atoms with E-state index >= 15 is 0 Å². The fraction of sp³-hybridized carbons (Fsp3) is 0.385. The number of anilines is 1. The van der Waals surface area contributed by atoms with Gasteiger partial charge in [-0.15, -0.1) is 0 Å². The molecule has 0 aliphatic carbocycles. The third kappa shape index (κ3) is 3.69. The van der Waals surface area contributed by atoms with E-state index in [1.54, 1.807) is 24.8 Å². The highest BCUT2D eigenvalue weighted by atomic mass is 16.3. The van der Waals surface area contributed by atoms with Crippen molar-refractivity contribution in [1.29, 1.82) is 0 Å². The maximum absolute atomic E-state index is 12.8. The Balaban J connectivity index is 1.44. The van der Waals surface area contributed by atoms with Gasteiger partial charge < -0.3 is 20.7 Å². The Kier molecular flexibility index (Phi) is 5.52. The Bertz CT molecular complexity index is 1510. The summed E-state index contributed by atoms with van der Waals surface area (Å²) in [5.74, 6) is 0.521. The van der Waals surface area contributed by atoms with Crippen molar-refractivity contribution in [2.24, 2.45) is 0 Å². The second-order valence-electron chi connectivity index (χ2n) is 9.95. The molecule has 2 fully saturated rings. The smallest absolute Gasteiger partial charge is 0.248 e. The first-order chi connectivity index (χ1) is 17.9. The first-order valence-corrected chi connectivity index (χ1v) is 12.4. The van der Waals surface area contributed by atoms with Crippen molar-refractivity contribution in [2.75, 3.05) is 12.3 Å². The van der Waals surface area contributed by atoms with Crippen LogP contribution in [0.3, 0.4) is 0 Å². The third-order valence-electron chi connectivity index (χ3n) is 7.72. The Morgan fingerprint density at radius 3 is 2.57 bits per heavy atom. The lowest BCUT2D eigenvalue weighted by atomic mass is 9.85. The van der Waals surface area contributed by atoms with Crippen LogP contribution in [0.15, 0.2) is 30.9 Å². The molecular weight excluding hydrogens is 472 g/mol. The summed E-state index contributed by atoms with van der Waals surface area (Å²) in [4.78, 5) is 43.9. The Morgan fingerprint density at radius 1 is 1.19 bits per heavy atom. The van der Waals surface area contributed by atoms with E-state index in [4.69, 9.17) is 10.7 Å². The summed E-state index contributed by atoms with van der Waals surface area (Å²) in [5, 5.41) is 13.9. The van der Waals surface area contributed by atoms with Gasteiger partial charge in [0.1, 0.15) is 18.1 Å². The zero-order chi connectivity index (χ0) is 25.8. The first-order valence-electron chi connectivity index (χ1n) is 12.4. The largest absolute Gasteiger partial charge is 0.387 e. The number of aliphatic hydroxyl groups is 1. The average Bonchev–Trinajstić information content (AvgIpc) is 3.61. The van der Waals surface area contributed by atoms with Gasteiger partial charge in [0.25, 0.3) is 0 Å². The van der Waals surface area contributed by atoms with E-state index in [1.807, 2.05) is 17.9 Å². The van der Waals surface area contributed by atoms with E-state index in [1.165, 1.54) is 11.4 Å². The molecule has 0 aromatic carbocycles. The van der Waals surface area contributed by atoms with Gasteiger partial charge in [-0.3, -0.25) is 14.6 Å². The van der Waals surface area contributed by atoms with Crippen molar-refractivity contribution in [2.45, 2.75) is 57.5 Å². The molecule has 4 N–H and O–H groups in total. The number of carbonyl (C=O) groups excluding carboxylic acids is 2. The van der Waals surface area contributed by atoms with E-state index in [2.05, 4.69) is 20.1 Å². The molecule has 37 heavy (non-hydrogen) atoms. The summed E-state index contributed by atoms with van der Waals surface area (Å²) in [6.45, 7) is 2.98. The number of ketones is 1. The second kappa shape index (κ2) is 8.77. The number of imidazole rings is 1. The zero-order valence-electron chi connectivity index (χ0n) is 20.7. The van der Waals surface area contributed by atoms with E-state index in [-0.39, 0.29) is 35.5 Å². The molecule has 1 unspecified atom stereocenters. The van der Waals surface area contributed by atoms with Crippen LogP contribution in [0.4, 0.5) is 5.82 Å². The number of nitrogens with one attached hydrogen (secondary N) is 1. The van der Waals surface area contributed by atoms with Gasteiger partial charge in [0, 0.05) is 47.7 Å². The van der Waals surface area contributed by atoms with Crippen molar-refractivity contribution < 1.29 is 14.7 Å². The minimum atomic E-state index is -0.487. The van der Waals surface area contributed by atoms with Gasteiger partial charge in [0.2, 0.25) is 5.91 Å². The molecule has 3 atom stereocenters. The molecule has 2 aliphatic heterocycles. The standard InChI is InChI=1S/C26H28N8O3/c1-13-7-16(10-30-22(13)25-28-5-6-29-25)19-11-31-34-24(27)21(14(2)36)23(32-26(19)34)15-8-17-3-4-18(9-15)33(17)20(37)12-35/h5-7,10-11,15,17-18,35H,3-4,8-9,12,27H2,1-2H3,(H,28,29)/t15?,17-,18+. The summed E-state index contributed by atoms with van der Waals surface area (Å²) >= 11 is 0. The van der Waals surface area contributed by atoms with Gasteiger partial charge in [-0.1, -0.05) is 0 Å². The van der Waals surface area contributed by atoms with Crippen molar-refractivity contribution in [3.63, 3.8) is 0 Å². The number of fused-ring (bicyclic) bond motifs is 3. The van der Waals surface area contributed by atoms with E-state index < -0.39 is 6.61 Å². The third-order valence-corrected chi connectivity index (χ3v) is 7.72. The van der Waals surface area contributed by atoms with Crippen LogP contribution in [0, 0.1) is 6.92 Å². The molecule has 2 aliphatic rings. The number of aryl methyl sites for hydroxylation is 1. The summed E-state index contributed by atoms with van der Waals surface area (Å²) in [6.07, 6.45) is 10.0. The van der Waals surface area contributed by atoms with Crippen molar-refractivity contribution in [1.82, 2.24) is 34.4 Å². The van der Waals surface area contributed by atoms with E-state index in [0.717, 1.165) is 35.2 Å². The van der Waals surface area contributed by atoms with Crippen molar-refractivity contribution in [3.8, 4) is 22.6 Å². The Labute approximate surface area is 212 Å². The Morgan fingerprint density at radius 2 is 1.95 bits per heavy atom. The van der Waals surface area contributed by atoms with E-state index in [0.29, 0.717) is 35.6 Å². The molecule has 4 aromatic rings. The monoisotopic (exact) mass is 500 g/mol. The highest BCUT2D eigenvalue weighted by Gasteiger charge is 2.44. The average molecular weight is 501 g/mol. The summed E-state index contributed by atoms with van der Waals surface area (Å²) in [6, 6.07) is 2.05. The number of aromatic amines is 1. The van der Waals surface area contributed by atoms with Crippen LogP contribution in [0.5, 0.6) is 0 Å². The maximum Gasteiger partial charge on any atom is 0.248 e. The molecule has 6 rings (SSSR count). The number of hydrogen-bond acceptors (Lipinski definition) is 8. The number of nitrogens with two attached hydrogens (primary N) is 1. The molecule has 0 radical (unpaired) electrons. The number of piperidine rings is 1. The molecule has 2 saturated heterocycles. The fourth-order valence-corrected chi connectivity index (χ4v) is 6.15. The molecule has 0 spiro atoms. The minimum absolute atomic E-state index is 0.0211. The lowest BCUT2D eigenvalue weighted by molar-refractivity contribution is -0.138. The maximum atomic E-state index is 12.8. The zero-order valence-corrected chi connectivity index (χ0v) is 20.7. The molecule has 0 saturated carbocycles. The quantitative estimate of drug-likeness (QED) is 0.353. The Hall–Kier alpha value is -4.12. The van der Waals surface area contributed by atoms with Crippen LogP contribution in [0.1, 0.15) is 60.1 Å². The SMILES string of the molecule is CC(=O)c1c(C2C[C@H]3CC[C@@H](C2)N3C(=O)CO)nc2c(-c3cnc(-c4ncc[nH]4)c(C)c3)cnn2c1N. The molecule has 6 heterocycles. The number of rotatable bonds is 5. The lowest BCUT2D eigenvalue weighted by Gasteiger charge is -2.39. The minimum Gasteiger partial charge on any atom is -0.387 e. The van der Waals surface area contributed by atoms with Gasteiger partial charge in [0.05, 0.1) is 17.5 Å². The van der Waals surface area contributed by atoms with Crippen LogP contribution < -0.4 is 5.73 Å². The van der Waals surface area contributed by atoms with Gasteiger partial charge >= 0.3 is 0 Å². The van der Waals surface area contributed by atoms with Crippen LogP contribution in [0.25, 0.3) is 28.3 Å². The van der Waals surface area contributed by atoms with Crippen LogP contribution >= 0.6 is 0 Å². The number of H-pyrrole nitrogens is 1. The highest BCUT2D eigenvalue weighted by molar-refractivity contribution is 6.00. The predicted molar refractivity (Wildman–Crippen MR) is 136 cm³/mol. The number of nitrogen functional groups attached to an aromatic ring is 1. The molecule has 190 valence electrons. The number of Topliss-reactive ketones (excluding diaryl/α,β-unsaturated/α-hetero) is 1. The van der Waals surface area contributed by atoms with Crippen LogP contribution in [-0.4, -0.2) is 69.9 Å². The summed E-state index contributed by atoms with van der Waals surface area (Å²) < 4.78 is 1.52. The number of aliphatic hydroxyl groups excluding tert-OH is 1. The molecule has 4 aromatic heterocycles. The number of amides is 1. The fourth-order valence-electron chi connectivity index (χ4n) is 6.15. The number of hydrogen-bond donors (Lipinski definition) is 3. The molecule has 11 nitrogen and oxygen atoms in total.